The number of halogens is 1. The summed E-state index contributed by atoms with van der Waals surface area (Å²) in [6, 6.07) is 7.33. The molecule has 1 saturated heterocycles. The zero-order valence-electron chi connectivity index (χ0n) is 10.3. The molecule has 6 heteroatoms. The lowest BCUT2D eigenvalue weighted by molar-refractivity contribution is 0.349. The molecular formula is C13H14ClN3O2. The van der Waals surface area contributed by atoms with Gasteiger partial charge in [0.05, 0.1) is 17.1 Å². The Bertz CT molecular complexity index is 677. The van der Waals surface area contributed by atoms with Gasteiger partial charge in [0.1, 0.15) is 0 Å². The minimum Gasteiger partial charge on any atom is -0.408 e. The fraction of sp³-hybridized carbons (Fsp3) is 0.385. The number of hydrogen-bond acceptors (Lipinski definition) is 4. The fourth-order valence-corrected chi connectivity index (χ4v) is 2.51. The minimum absolute atomic E-state index is 0. The zero-order chi connectivity index (χ0) is 12.5. The molecule has 0 amide bonds. The summed E-state index contributed by atoms with van der Waals surface area (Å²) in [5.41, 5.74) is 1.83. The maximum absolute atomic E-state index is 11.9. The quantitative estimate of drug-likeness (QED) is 0.864. The second kappa shape index (κ2) is 5.47. The first kappa shape index (κ1) is 13.7. The molecule has 0 bridgehead atoms. The van der Waals surface area contributed by atoms with E-state index in [9.17, 15) is 4.79 Å². The van der Waals surface area contributed by atoms with Crippen LogP contribution in [-0.4, -0.2) is 17.7 Å². The second-order valence-corrected chi connectivity index (χ2v) is 4.51. The summed E-state index contributed by atoms with van der Waals surface area (Å²) in [5, 5.41) is 12.2. The van der Waals surface area contributed by atoms with Crippen LogP contribution in [0.5, 0.6) is 0 Å². The number of benzene rings is 1. The van der Waals surface area contributed by atoms with Gasteiger partial charge in [-0.25, -0.2) is 4.79 Å². The van der Waals surface area contributed by atoms with E-state index >= 15 is 0 Å². The molecule has 0 radical (unpaired) electrons. The Morgan fingerprint density at radius 3 is 2.79 bits per heavy atom. The molecule has 0 saturated carbocycles. The largest absolute Gasteiger partial charge is 0.420 e. The molecule has 1 aromatic carbocycles. The average molecular weight is 280 g/mol. The first-order valence-electron chi connectivity index (χ1n) is 6.05. The number of piperidine rings is 1. The molecule has 0 atom stereocenters. The predicted octanol–water partition coefficient (Wildman–Crippen LogP) is 1.81. The van der Waals surface area contributed by atoms with E-state index in [2.05, 4.69) is 11.4 Å². The van der Waals surface area contributed by atoms with E-state index in [0.29, 0.717) is 11.1 Å². The lowest BCUT2D eigenvalue weighted by Gasteiger charge is -2.23. The van der Waals surface area contributed by atoms with Crippen LogP contribution in [0.3, 0.4) is 0 Å². The van der Waals surface area contributed by atoms with Gasteiger partial charge in [0.2, 0.25) is 0 Å². The van der Waals surface area contributed by atoms with Crippen LogP contribution in [0.15, 0.2) is 27.4 Å². The Balaban J connectivity index is 0.00000133. The highest BCUT2D eigenvalue weighted by Gasteiger charge is 2.20. The Morgan fingerprint density at radius 1 is 1.37 bits per heavy atom. The molecule has 100 valence electrons. The normalized spacial score (nSPS) is 15.9. The first-order valence-corrected chi connectivity index (χ1v) is 6.05. The van der Waals surface area contributed by atoms with Crippen molar-refractivity contribution in [2.24, 2.45) is 0 Å². The summed E-state index contributed by atoms with van der Waals surface area (Å²) in [6.07, 6.45) is 1.82. The molecule has 3 rings (SSSR count). The van der Waals surface area contributed by atoms with Crippen LogP contribution in [0.1, 0.15) is 24.4 Å². The van der Waals surface area contributed by atoms with Crippen LogP contribution < -0.4 is 11.1 Å². The van der Waals surface area contributed by atoms with Gasteiger partial charge in [-0.05, 0) is 44.1 Å². The van der Waals surface area contributed by atoms with Crippen molar-refractivity contribution in [2.75, 3.05) is 13.1 Å². The number of rotatable bonds is 1. The highest BCUT2D eigenvalue weighted by molar-refractivity contribution is 5.85. The van der Waals surface area contributed by atoms with E-state index in [-0.39, 0.29) is 24.2 Å². The van der Waals surface area contributed by atoms with Crippen molar-refractivity contribution in [3.63, 3.8) is 0 Å². The van der Waals surface area contributed by atoms with Crippen LogP contribution in [0.4, 0.5) is 0 Å². The van der Waals surface area contributed by atoms with Crippen LogP contribution in [0.25, 0.3) is 11.1 Å². The average Bonchev–Trinajstić information content (AvgIpc) is 2.74. The molecular weight excluding hydrogens is 266 g/mol. The van der Waals surface area contributed by atoms with Gasteiger partial charge in [-0.15, -0.1) is 12.4 Å². The van der Waals surface area contributed by atoms with E-state index < -0.39 is 0 Å². The molecule has 1 aromatic heterocycles. The lowest BCUT2D eigenvalue weighted by Crippen LogP contribution is -2.32. The highest BCUT2D eigenvalue weighted by Crippen LogP contribution is 2.23. The molecule has 1 N–H and O–H groups in total. The van der Waals surface area contributed by atoms with Crippen molar-refractivity contribution in [3.05, 3.63) is 34.3 Å². The van der Waals surface area contributed by atoms with Gasteiger partial charge in [-0.2, -0.15) is 5.26 Å². The van der Waals surface area contributed by atoms with Crippen LogP contribution in [-0.2, 0) is 0 Å². The number of hydrogen-bond donors (Lipinski definition) is 1. The third kappa shape index (κ3) is 2.37. The van der Waals surface area contributed by atoms with E-state index in [1.807, 2.05) is 0 Å². The van der Waals surface area contributed by atoms with Gasteiger partial charge < -0.3 is 9.73 Å². The second-order valence-electron chi connectivity index (χ2n) is 4.51. The van der Waals surface area contributed by atoms with Gasteiger partial charge in [0.25, 0.3) is 0 Å². The summed E-state index contributed by atoms with van der Waals surface area (Å²) in [5.74, 6) is -0.327. The van der Waals surface area contributed by atoms with E-state index in [4.69, 9.17) is 9.68 Å². The van der Waals surface area contributed by atoms with E-state index in [1.54, 1.807) is 22.8 Å². The monoisotopic (exact) mass is 279 g/mol. The number of nitriles is 1. The van der Waals surface area contributed by atoms with Crippen molar-refractivity contribution in [2.45, 2.75) is 18.9 Å². The smallest absolute Gasteiger partial charge is 0.408 e. The summed E-state index contributed by atoms with van der Waals surface area (Å²) < 4.78 is 6.92. The SMILES string of the molecule is Cl.N#Cc1ccc2oc(=O)n(C3CCNCC3)c2c1. The van der Waals surface area contributed by atoms with Crippen molar-refractivity contribution < 1.29 is 4.42 Å². The topological polar surface area (TPSA) is 71.0 Å². The Morgan fingerprint density at radius 2 is 2.11 bits per heavy atom. The highest BCUT2D eigenvalue weighted by atomic mass is 35.5. The molecule has 5 nitrogen and oxygen atoms in total. The Labute approximate surface area is 116 Å². The molecule has 2 heterocycles. The van der Waals surface area contributed by atoms with Gasteiger partial charge in [-0.1, -0.05) is 0 Å². The van der Waals surface area contributed by atoms with Crippen LogP contribution >= 0.6 is 12.4 Å². The summed E-state index contributed by atoms with van der Waals surface area (Å²) in [4.78, 5) is 11.9. The molecule has 1 fully saturated rings. The molecule has 19 heavy (non-hydrogen) atoms. The van der Waals surface area contributed by atoms with Crippen molar-refractivity contribution >= 4 is 23.5 Å². The number of nitrogens with one attached hydrogen (secondary N) is 1. The first-order chi connectivity index (χ1) is 8.79. The standard InChI is InChI=1S/C13H13N3O2.ClH/c14-8-9-1-2-12-11(7-9)16(13(17)18-12)10-3-5-15-6-4-10;/h1-2,7,10,15H,3-6H2;1H. The number of oxazole rings is 1. The molecule has 0 unspecified atom stereocenters. The van der Waals surface area contributed by atoms with E-state index in [1.165, 1.54) is 0 Å². The number of nitrogens with zero attached hydrogens (tertiary/aromatic N) is 2. The van der Waals surface area contributed by atoms with Crippen molar-refractivity contribution in [1.82, 2.24) is 9.88 Å². The molecule has 0 aliphatic carbocycles. The van der Waals surface area contributed by atoms with Gasteiger partial charge in [0, 0.05) is 6.04 Å². The van der Waals surface area contributed by atoms with E-state index in [0.717, 1.165) is 31.4 Å². The zero-order valence-corrected chi connectivity index (χ0v) is 11.1. The maximum Gasteiger partial charge on any atom is 0.420 e. The van der Waals surface area contributed by atoms with Crippen LogP contribution in [0, 0.1) is 11.3 Å². The third-order valence-electron chi connectivity index (χ3n) is 3.42. The lowest BCUT2D eigenvalue weighted by atomic mass is 10.1. The molecule has 1 aliphatic heterocycles. The number of fused-ring (bicyclic) bond motifs is 1. The Kier molecular flexibility index (Phi) is 3.93. The van der Waals surface area contributed by atoms with Gasteiger partial charge in [-0.3, -0.25) is 4.57 Å². The fourth-order valence-electron chi connectivity index (χ4n) is 2.51. The van der Waals surface area contributed by atoms with Gasteiger partial charge >= 0.3 is 5.76 Å². The van der Waals surface area contributed by atoms with Crippen molar-refractivity contribution in [1.29, 1.82) is 5.26 Å². The summed E-state index contributed by atoms with van der Waals surface area (Å²) in [6.45, 7) is 1.81. The molecule has 1 aliphatic rings. The maximum atomic E-state index is 11.9. The number of aromatic nitrogens is 1. The summed E-state index contributed by atoms with van der Waals surface area (Å²) >= 11 is 0. The summed E-state index contributed by atoms with van der Waals surface area (Å²) in [7, 11) is 0. The molecule has 0 spiro atoms. The third-order valence-corrected chi connectivity index (χ3v) is 3.42. The Hall–Kier alpha value is -1.77. The van der Waals surface area contributed by atoms with Crippen LogP contribution in [0.2, 0.25) is 0 Å². The van der Waals surface area contributed by atoms with Crippen molar-refractivity contribution in [3.8, 4) is 6.07 Å². The molecule has 2 aromatic rings. The minimum atomic E-state index is -0.327. The van der Waals surface area contributed by atoms with Gasteiger partial charge in [0.15, 0.2) is 5.58 Å². The predicted molar refractivity (Wildman–Crippen MR) is 73.6 cm³/mol.